The van der Waals surface area contributed by atoms with Crippen LogP contribution in [0.1, 0.15) is 48.0 Å². The number of allylic oxidation sites excluding steroid dienone is 2. The van der Waals surface area contributed by atoms with E-state index in [2.05, 4.69) is 0 Å². The van der Waals surface area contributed by atoms with Gasteiger partial charge in [0.1, 0.15) is 5.82 Å². The van der Waals surface area contributed by atoms with Gasteiger partial charge in [0, 0.05) is 11.0 Å². The monoisotopic (exact) mass is 348 g/mol. The fourth-order valence-corrected chi connectivity index (χ4v) is 4.58. The number of hydrogen-bond donors (Lipinski definition) is 0. The van der Waals surface area contributed by atoms with Crippen molar-refractivity contribution in [3.05, 3.63) is 77.6 Å². The van der Waals surface area contributed by atoms with Gasteiger partial charge in [0.25, 0.3) is 0 Å². The summed E-state index contributed by atoms with van der Waals surface area (Å²) < 4.78 is 13.3. The molecule has 0 radical (unpaired) electrons. The summed E-state index contributed by atoms with van der Waals surface area (Å²) in [7, 11) is 0. The fourth-order valence-electron chi connectivity index (χ4n) is 4.58. The average molecular weight is 348 g/mol. The third-order valence-corrected chi connectivity index (χ3v) is 5.88. The van der Waals surface area contributed by atoms with Crippen LogP contribution in [0.2, 0.25) is 0 Å². The van der Waals surface area contributed by atoms with E-state index >= 15 is 0 Å². The SMILES string of the molecule is O=C(c1ccc(F)cc1)C1C(c2ccccc2)=CC(=O)C12CCCCC2. The van der Waals surface area contributed by atoms with Gasteiger partial charge < -0.3 is 0 Å². The molecule has 0 heterocycles. The van der Waals surface area contributed by atoms with E-state index in [9.17, 15) is 14.0 Å². The smallest absolute Gasteiger partial charge is 0.171 e. The minimum Gasteiger partial charge on any atom is -0.294 e. The molecule has 2 aliphatic carbocycles. The van der Waals surface area contributed by atoms with Crippen LogP contribution >= 0.6 is 0 Å². The summed E-state index contributed by atoms with van der Waals surface area (Å²) in [6, 6.07) is 15.3. The lowest BCUT2D eigenvalue weighted by molar-refractivity contribution is -0.125. The van der Waals surface area contributed by atoms with Crippen molar-refractivity contribution in [1.29, 1.82) is 0 Å². The van der Waals surface area contributed by atoms with Gasteiger partial charge in [-0.2, -0.15) is 0 Å². The van der Waals surface area contributed by atoms with Crippen LogP contribution in [-0.4, -0.2) is 11.6 Å². The van der Waals surface area contributed by atoms with Crippen molar-refractivity contribution < 1.29 is 14.0 Å². The first-order chi connectivity index (χ1) is 12.6. The number of Topliss-reactive ketones (excluding diaryl/α,β-unsaturated/α-hetero) is 1. The maximum Gasteiger partial charge on any atom is 0.171 e. The predicted molar refractivity (Wildman–Crippen MR) is 99.2 cm³/mol. The zero-order valence-electron chi connectivity index (χ0n) is 14.6. The summed E-state index contributed by atoms with van der Waals surface area (Å²) in [5.74, 6) is -0.845. The Labute approximate surface area is 152 Å². The van der Waals surface area contributed by atoms with Crippen LogP contribution < -0.4 is 0 Å². The number of carbonyl (C=O) groups excluding carboxylic acids is 2. The van der Waals surface area contributed by atoms with E-state index in [1.54, 1.807) is 6.08 Å². The highest BCUT2D eigenvalue weighted by Gasteiger charge is 2.53. The fraction of sp³-hybridized carbons (Fsp3) is 0.304. The van der Waals surface area contributed by atoms with Crippen LogP contribution in [0.5, 0.6) is 0 Å². The van der Waals surface area contributed by atoms with Gasteiger partial charge in [0.2, 0.25) is 0 Å². The Kier molecular flexibility index (Phi) is 4.31. The molecule has 0 N–H and O–H groups in total. The van der Waals surface area contributed by atoms with E-state index in [0.29, 0.717) is 5.56 Å². The molecular weight excluding hydrogens is 327 g/mol. The summed E-state index contributed by atoms with van der Waals surface area (Å²) in [5, 5.41) is 0. The molecule has 0 amide bonds. The molecule has 1 fully saturated rings. The van der Waals surface area contributed by atoms with Gasteiger partial charge in [-0.1, -0.05) is 49.6 Å². The Morgan fingerprint density at radius 3 is 2.23 bits per heavy atom. The van der Waals surface area contributed by atoms with Gasteiger partial charge in [-0.25, -0.2) is 4.39 Å². The second kappa shape index (κ2) is 6.64. The number of halogens is 1. The quantitative estimate of drug-likeness (QED) is 0.711. The molecule has 26 heavy (non-hydrogen) atoms. The number of carbonyl (C=O) groups is 2. The van der Waals surface area contributed by atoms with E-state index in [4.69, 9.17) is 0 Å². The summed E-state index contributed by atoms with van der Waals surface area (Å²) in [6.07, 6.45) is 6.22. The first-order valence-corrected chi connectivity index (χ1v) is 9.23. The van der Waals surface area contributed by atoms with Gasteiger partial charge in [0.05, 0.1) is 5.92 Å². The van der Waals surface area contributed by atoms with Crippen LogP contribution in [0.3, 0.4) is 0 Å². The molecule has 4 rings (SSSR count). The number of ketones is 2. The third kappa shape index (κ3) is 2.72. The Bertz CT molecular complexity index is 859. The molecule has 1 spiro atoms. The van der Waals surface area contributed by atoms with Crippen LogP contribution in [-0.2, 0) is 4.79 Å². The normalized spacial score (nSPS) is 21.7. The van der Waals surface area contributed by atoms with E-state index in [1.165, 1.54) is 24.3 Å². The third-order valence-electron chi connectivity index (χ3n) is 5.88. The molecule has 2 aromatic carbocycles. The first kappa shape index (κ1) is 16.9. The van der Waals surface area contributed by atoms with Gasteiger partial charge in [-0.15, -0.1) is 0 Å². The van der Waals surface area contributed by atoms with Gasteiger partial charge >= 0.3 is 0 Å². The van der Waals surface area contributed by atoms with Crippen molar-refractivity contribution in [1.82, 2.24) is 0 Å². The van der Waals surface area contributed by atoms with Crippen molar-refractivity contribution in [3.63, 3.8) is 0 Å². The zero-order chi connectivity index (χ0) is 18.1. The Balaban J connectivity index is 1.81. The molecule has 2 aliphatic rings. The molecule has 2 nitrogen and oxygen atoms in total. The second-order valence-corrected chi connectivity index (χ2v) is 7.35. The lowest BCUT2D eigenvalue weighted by Crippen LogP contribution is -2.40. The van der Waals surface area contributed by atoms with Gasteiger partial charge in [-0.3, -0.25) is 9.59 Å². The maximum absolute atomic E-state index is 13.4. The topological polar surface area (TPSA) is 34.1 Å². The number of rotatable bonds is 3. The van der Waals surface area contributed by atoms with Gasteiger partial charge in [-0.05, 0) is 54.3 Å². The molecule has 1 unspecified atom stereocenters. The number of benzene rings is 2. The van der Waals surface area contributed by atoms with Crippen LogP contribution in [0, 0.1) is 17.2 Å². The lowest BCUT2D eigenvalue weighted by Gasteiger charge is -2.38. The summed E-state index contributed by atoms with van der Waals surface area (Å²) in [6.45, 7) is 0. The number of hydrogen-bond acceptors (Lipinski definition) is 2. The maximum atomic E-state index is 13.4. The Morgan fingerprint density at radius 1 is 0.923 bits per heavy atom. The molecule has 0 aromatic heterocycles. The highest BCUT2D eigenvalue weighted by Crippen LogP contribution is 2.54. The minimum atomic E-state index is -0.630. The predicted octanol–water partition coefficient (Wildman–Crippen LogP) is 5.24. The van der Waals surface area contributed by atoms with E-state index in [0.717, 1.165) is 43.2 Å². The van der Waals surface area contributed by atoms with Crippen molar-refractivity contribution >= 4 is 17.1 Å². The highest BCUT2D eigenvalue weighted by molar-refractivity contribution is 6.17. The van der Waals surface area contributed by atoms with Crippen molar-refractivity contribution in [2.75, 3.05) is 0 Å². The molecule has 132 valence electrons. The van der Waals surface area contributed by atoms with E-state index in [1.807, 2.05) is 30.3 Å². The average Bonchev–Trinajstić information content (AvgIpc) is 2.95. The van der Waals surface area contributed by atoms with Crippen LogP contribution in [0.25, 0.3) is 5.57 Å². The van der Waals surface area contributed by atoms with E-state index < -0.39 is 11.3 Å². The zero-order valence-corrected chi connectivity index (χ0v) is 14.6. The molecular formula is C23H21FO2. The Hall–Kier alpha value is -2.55. The highest BCUT2D eigenvalue weighted by atomic mass is 19.1. The molecule has 1 saturated carbocycles. The molecule has 0 saturated heterocycles. The first-order valence-electron chi connectivity index (χ1n) is 9.23. The summed E-state index contributed by atoms with van der Waals surface area (Å²) in [4.78, 5) is 26.5. The molecule has 3 heteroatoms. The summed E-state index contributed by atoms with van der Waals surface area (Å²) in [5.41, 5.74) is 1.57. The molecule has 2 aromatic rings. The molecule has 0 aliphatic heterocycles. The van der Waals surface area contributed by atoms with Crippen molar-refractivity contribution in [3.8, 4) is 0 Å². The van der Waals surface area contributed by atoms with Gasteiger partial charge in [0.15, 0.2) is 11.6 Å². The second-order valence-electron chi connectivity index (χ2n) is 7.35. The van der Waals surface area contributed by atoms with Crippen LogP contribution in [0.15, 0.2) is 60.7 Å². The Morgan fingerprint density at radius 2 is 1.58 bits per heavy atom. The lowest BCUT2D eigenvalue weighted by atomic mass is 9.63. The standard InChI is InChI=1S/C23H21FO2/c24-18-11-9-17(10-12-18)22(26)21-19(16-7-3-1-4-8-16)15-20(25)23(21)13-5-2-6-14-23/h1,3-4,7-12,15,21H,2,5-6,13-14H2. The summed E-state index contributed by atoms with van der Waals surface area (Å²) >= 11 is 0. The minimum absolute atomic E-state index is 0.0761. The largest absolute Gasteiger partial charge is 0.294 e. The van der Waals surface area contributed by atoms with Crippen molar-refractivity contribution in [2.24, 2.45) is 11.3 Å². The van der Waals surface area contributed by atoms with Crippen LogP contribution in [0.4, 0.5) is 4.39 Å². The van der Waals surface area contributed by atoms with Crippen molar-refractivity contribution in [2.45, 2.75) is 32.1 Å². The van der Waals surface area contributed by atoms with E-state index in [-0.39, 0.29) is 17.4 Å². The molecule has 1 atom stereocenters. The molecule has 0 bridgehead atoms.